The molecule has 2 rings (SSSR count). The van der Waals surface area contributed by atoms with E-state index in [9.17, 15) is 4.39 Å². The molecule has 1 aromatic carbocycles. The molecule has 1 unspecified atom stereocenters. The fraction of sp³-hybridized carbons (Fsp3) is 0.357. The number of aromatic amines is 1. The van der Waals surface area contributed by atoms with E-state index in [1.54, 1.807) is 12.1 Å². The van der Waals surface area contributed by atoms with Gasteiger partial charge in [-0.3, -0.25) is 5.10 Å². The number of hydrogen-bond acceptors (Lipinski definition) is 2. The Hall–Kier alpha value is -1.68. The van der Waals surface area contributed by atoms with Gasteiger partial charge in [0.05, 0.1) is 5.69 Å². The monoisotopic (exact) mass is 247 g/mol. The molecule has 18 heavy (non-hydrogen) atoms. The van der Waals surface area contributed by atoms with Crippen LogP contribution in [0.2, 0.25) is 0 Å². The van der Waals surface area contributed by atoms with Gasteiger partial charge in [-0.1, -0.05) is 32.0 Å². The van der Waals surface area contributed by atoms with Crippen molar-refractivity contribution in [3.05, 3.63) is 53.1 Å². The van der Waals surface area contributed by atoms with Crippen molar-refractivity contribution in [3.8, 4) is 0 Å². The summed E-state index contributed by atoms with van der Waals surface area (Å²) in [6.07, 6.45) is 0. The van der Waals surface area contributed by atoms with Crippen LogP contribution in [0, 0.1) is 5.82 Å². The maximum atomic E-state index is 13.8. The summed E-state index contributed by atoms with van der Waals surface area (Å²) in [5, 5.41) is 7.20. The lowest BCUT2D eigenvalue weighted by Crippen LogP contribution is -2.15. The van der Waals surface area contributed by atoms with E-state index in [0.717, 1.165) is 11.4 Å². The summed E-state index contributed by atoms with van der Waals surface area (Å²) in [4.78, 5) is 0. The first-order valence-electron chi connectivity index (χ1n) is 6.13. The summed E-state index contributed by atoms with van der Waals surface area (Å²) in [6.45, 7) is 4.49. The molecule has 0 bridgehead atoms. The molecular formula is C14H18FN3. The Balaban J connectivity index is 2.36. The zero-order valence-electron chi connectivity index (χ0n) is 10.7. The van der Waals surface area contributed by atoms with Crippen LogP contribution in [0.5, 0.6) is 0 Å². The van der Waals surface area contributed by atoms with E-state index >= 15 is 0 Å². The molecule has 2 aromatic rings. The lowest BCUT2D eigenvalue weighted by Gasteiger charge is -2.13. The number of aromatic nitrogens is 2. The molecule has 96 valence electrons. The maximum absolute atomic E-state index is 13.8. The average molecular weight is 247 g/mol. The molecule has 1 atom stereocenters. The number of benzene rings is 1. The number of nitrogens with one attached hydrogen (secondary N) is 1. The molecule has 4 heteroatoms. The minimum absolute atomic E-state index is 0.175. The van der Waals surface area contributed by atoms with Crippen molar-refractivity contribution in [2.75, 3.05) is 6.54 Å². The van der Waals surface area contributed by atoms with Crippen LogP contribution in [-0.2, 0) is 0 Å². The van der Waals surface area contributed by atoms with Crippen molar-refractivity contribution in [1.82, 2.24) is 10.2 Å². The quantitative estimate of drug-likeness (QED) is 0.872. The van der Waals surface area contributed by atoms with Crippen molar-refractivity contribution in [2.24, 2.45) is 5.73 Å². The van der Waals surface area contributed by atoms with E-state index in [-0.39, 0.29) is 11.7 Å². The highest BCUT2D eigenvalue weighted by Crippen LogP contribution is 2.26. The summed E-state index contributed by atoms with van der Waals surface area (Å²) in [7, 11) is 0. The standard InChI is InChI=1S/C14H18FN3/c1-9(2)13-7-14(18-17-13)11(8-16)10-5-3-4-6-12(10)15/h3-7,9,11H,8,16H2,1-2H3,(H,17,18). The number of H-pyrrole nitrogens is 1. The van der Waals surface area contributed by atoms with Crippen LogP contribution in [0.4, 0.5) is 4.39 Å². The highest BCUT2D eigenvalue weighted by Gasteiger charge is 2.19. The predicted molar refractivity (Wildman–Crippen MR) is 70.0 cm³/mol. The molecular weight excluding hydrogens is 229 g/mol. The highest BCUT2D eigenvalue weighted by atomic mass is 19.1. The Morgan fingerprint density at radius 3 is 2.61 bits per heavy atom. The Morgan fingerprint density at radius 2 is 2.06 bits per heavy atom. The van der Waals surface area contributed by atoms with Crippen molar-refractivity contribution < 1.29 is 4.39 Å². The molecule has 1 heterocycles. The van der Waals surface area contributed by atoms with Crippen molar-refractivity contribution in [2.45, 2.75) is 25.7 Å². The summed E-state index contributed by atoms with van der Waals surface area (Å²) in [5.41, 5.74) is 8.23. The minimum atomic E-state index is -0.228. The first-order chi connectivity index (χ1) is 8.63. The lowest BCUT2D eigenvalue weighted by molar-refractivity contribution is 0.594. The van der Waals surface area contributed by atoms with Crippen molar-refractivity contribution in [1.29, 1.82) is 0 Å². The van der Waals surface area contributed by atoms with Gasteiger partial charge in [0.15, 0.2) is 0 Å². The third kappa shape index (κ3) is 2.43. The second-order valence-corrected chi connectivity index (χ2v) is 4.71. The topological polar surface area (TPSA) is 54.7 Å². The molecule has 1 aromatic heterocycles. The van der Waals surface area contributed by atoms with Crippen LogP contribution < -0.4 is 5.73 Å². The third-order valence-electron chi connectivity index (χ3n) is 3.10. The van der Waals surface area contributed by atoms with Gasteiger partial charge in [0.25, 0.3) is 0 Å². The Kier molecular flexibility index (Phi) is 3.77. The number of nitrogens with zero attached hydrogens (tertiary/aromatic N) is 1. The molecule has 0 aliphatic rings. The van der Waals surface area contributed by atoms with Crippen molar-refractivity contribution >= 4 is 0 Å². The van der Waals surface area contributed by atoms with E-state index < -0.39 is 0 Å². The maximum Gasteiger partial charge on any atom is 0.127 e. The molecule has 0 aliphatic heterocycles. The van der Waals surface area contributed by atoms with Gasteiger partial charge < -0.3 is 5.73 Å². The fourth-order valence-corrected chi connectivity index (χ4v) is 2.01. The van der Waals surface area contributed by atoms with Gasteiger partial charge >= 0.3 is 0 Å². The predicted octanol–water partition coefficient (Wildman–Crippen LogP) is 2.76. The van der Waals surface area contributed by atoms with E-state index in [1.807, 2.05) is 12.1 Å². The molecule has 0 saturated carbocycles. The van der Waals surface area contributed by atoms with E-state index in [0.29, 0.717) is 18.0 Å². The molecule has 0 spiro atoms. The van der Waals surface area contributed by atoms with Crippen molar-refractivity contribution in [3.63, 3.8) is 0 Å². The van der Waals surface area contributed by atoms with Crippen LogP contribution in [0.3, 0.4) is 0 Å². The Morgan fingerprint density at radius 1 is 1.33 bits per heavy atom. The SMILES string of the molecule is CC(C)c1cc(C(CN)c2ccccc2F)[nH]n1. The van der Waals surface area contributed by atoms with E-state index in [1.165, 1.54) is 6.07 Å². The number of rotatable bonds is 4. The Labute approximate surface area is 106 Å². The molecule has 3 N–H and O–H groups in total. The first kappa shape index (κ1) is 12.8. The van der Waals surface area contributed by atoms with Gasteiger partial charge in [0.2, 0.25) is 0 Å². The van der Waals surface area contributed by atoms with E-state index in [4.69, 9.17) is 5.73 Å². The molecule has 3 nitrogen and oxygen atoms in total. The highest BCUT2D eigenvalue weighted by molar-refractivity contribution is 5.31. The average Bonchev–Trinajstić information content (AvgIpc) is 2.82. The minimum Gasteiger partial charge on any atom is -0.329 e. The van der Waals surface area contributed by atoms with Crippen LogP contribution >= 0.6 is 0 Å². The van der Waals surface area contributed by atoms with Crippen LogP contribution in [0.1, 0.15) is 42.6 Å². The van der Waals surface area contributed by atoms with Crippen LogP contribution in [0.25, 0.3) is 0 Å². The van der Waals surface area contributed by atoms with Gasteiger partial charge in [-0.15, -0.1) is 0 Å². The van der Waals surface area contributed by atoms with E-state index in [2.05, 4.69) is 24.0 Å². The van der Waals surface area contributed by atoms with Crippen LogP contribution in [0.15, 0.2) is 30.3 Å². The summed E-state index contributed by atoms with van der Waals surface area (Å²) < 4.78 is 13.8. The summed E-state index contributed by atoms with van der Waals surface area (Å²) in [5.74, 6) is -0.0612. The molecule has 0 amide bonds. The number of nitrogens with two attached hydrogens (primary N) is 1. The first-order valence-corrected chi connectivity index (χ1v) is 6.13. The van der Waals surface area contributed by atoms with Gasteiger partial charge in [-0.05, 0) is 23.6 Å². The second kappa shape index (κ2) is 5.31. The Bertz CT molecular complexity index is 519. The largest absolute Gasteiger partial charge is 0.329 e. The van der Waals surface area contributed by atoms with Gasteiger partial charge in [-0.2, -0.15) is 5.10 Å². The second-order valence-electron chi connectivity index (χ2n) is 4.71. The van der Waals surface area contributed by atoms with Gasteiger partial charge in [-0.25, -0.2) is 4.39 Å². The molecule has 0 fully saturated rings. The zero-order chi connectivity index (χ0) is 13.1. The van der Waals surface area contributed by atoms with Gasteiger partial charge in [0.1, 0.15) is 5.82 Å². The molecule has 0 saturated heterocycles. The third-order valence-corrected chi connectivity index (χ3v) is 3.10. The number of halogens is 1. The summed E-state index contributed by atoms with van der Waals surface area (Å²) in [6, 6.07) is 8.69. The lowest BCUT2D eigenvalue weighted by atomic mass is 9.94. The zero-order valence-corrected chi connectivity index (χ0v) is 10.7. The van der Waals surface area contributed by atoms with Crippen LogP contribution in [-0.4, -0.2) is 16.7 Å². The molecule has 0 aliphatic carbocycles. The summed E-state index contributed by atoms with van der Waals surface area (Å²) >= 11 is 0. The van der Waals surface area contributed by atoms with Gasteiger partial charge in [0, 0.05) is 18.2 Å². The number of hydrogen-bond donors (Lipinski definition) is 2. The normalized spacial score (nSPS) is 12.9. The molecule has 0 radical (unpaired) electrons. The fourth-order valence-electron chi connectivity index (χ4n) is 2.01. The smallest absolute Gasteiger partial charge is 0.127 e.